The minimum atomic E-state index is -0.565. The summed E-state index contributed by atoms with van der Waals surface area (Å²) in [4.78, 5) is 15.5. The topological polar surface area (TPSA) is 89.9 Å². The standard InChI is InChI=1S/C10H10ClN3O3/c1-2-17-10(16)5-3-6(11)8(12)14-4-7(15)13-9(5)14/h3-4,15H,2,12H2,1H3. The van der Waals surface area contributed by atoms with Gasteiger partial charge >= 0.3 is 5.97 Å². The minimum Gasteiger partial charge on any atom is -0.492 e. The van der Waals surface area contributed by atoms with E-state index in [0.717, 1.165) is 0 Å². The number of nitrogens with two attached hydrogens (primary N) is 1. The number of aromatic nitrogens is 2. The molecule has 0 aliphatic heterocycles. The number of carbonyl (C=O) groups is 1. The Morgan fingerprint density at radius 3 is 3.06 bits per heavy atom. The van der Waals surface area contributed by atoms with Crippen LogP contribution >= 0.6 is 11.6 Å². The summed E-state index contributed by atoms with van der Waals surface area (Å²) >= 11 is 5.88. The lowest BCUT2D eigenvalue weighted by Gasteiger charge is -2.07. The van der Waals surface area contributed by atoms with E-state index in [1.807, 2.05) is 0 Å². The van der Waals surface area contributed by atoms with Crippen molar-refractivity contribution in [3.05, 3.63) is 22.8 Å². The Kier molecular flexibility index (Phi) is 2.81. The summed E-state index contributed by atoms with van der Waals surface area (Å²) in [6, 6.07) is 1.37. The summed E-state index contributed by atoms with van der Waals surface area (Å²) in [6.07, 6.45) is 1.28. The van der Waals surface area contributed by atoms with Gasteiger partial charge in [-0.2, -0.15) is 4.98 Å². The first-order valence-corrected chi connectivity index (χ1v) is 5.25. The summed E-state index contributed by atoms with van der Waals surface area (Å²) in [5.74, 6) is -0.614. The molecule has 90 valence electrons. The maximum Gasteiger partial charge on any atom is 0.341 e. The summed E-state index contributed by atoms with van der Waals surface area (Å²) in [5, 5.41) is 9.52. The van der Waals surface area contributed by atoms with Gasteiger partial charge in [-0.3, -0.25) is 4.40 Å². The van der Waals surface area contributed by atoms with E-state index in [2.05, 4.69) is 4.98 Å². The van der Waals surface area contributed by atoms with Crippen LogP contribution in [0.25, 0.3) is 5.65 Å². The third-order valence-electron chi connectivity index (χ3n) is 2.20. The number of carbonyl (C=O) groups excluding carboxylic acids is 1. The number of hydrogen-bond donors (Lipinski definition) is 2. The van der Waals surface area contributed by atoms with Crippen molar-refractivity contribution >= 4 is 29.0 Å². The Morgan fingerprint density at radius 1 is 1.71 bits per heavy atom. The highest BCUT2D eigenvalue weighted by Crippen LogP contribution is 2.26. The number of ether oxygens (including phenoxy) is 1. The smallest absolute Gasteiger partial charge is 0.341 e. The molecule has 0 atom stereocenters. The predicted octanol–water partition coefficient (Wildman–Crippen LogP) is 1.45. The normalized spacial score (nSPS) is 10.7. The van der Waals surface area contributed by atoms with Crippen LogP contribution in [0.2, 0.25) is 5.02 Å². The van der Waals surface area contributed by atoms with Gasteiger partial charge in [0.15, 0.2) is 5.65 Å². The highest BCUT2D eigenvalue weighted by atomic mass is 35.5. The molecule has 6 nitrogen and oxygen atoms in total. The summed E-state index contributed by atoms with van der Waals surface area (Å²) in [6.45, 7) is 1.93. The van der Waals surface area contributed by atoms with Gasteiger partial charge in [-0.1, -0.05) is 11.6 Å². The van der Waals surface area contributed by atoms with Crippen molar-refractivity contribution in [2.24, 2.45) is 0 Å². The second-order valence-corrected chi connectivity index (χ2v) is 3.71. The first kappa shape index (κ1) is 11.5. The van der Waals surface area contributed by atoms with E-state index in [-0.39, 0.29) is 34.5 Å². The molecule has 17 heavy (non-hydrogen) atoms. The van der Waals surface area contributed by atoms with Gasteiger partial charge in [0, 0.05) is 0 Å². The fourth-order valence-corrected chi connectivity index (χ4v) is 1.68. The van der Waals surface area contributed by atoms with Gasteiger partial charge in [-0.25, -0.2) is 4.79 Å². The number of anilines is 1. The number of rotatable bonds is 2. The van der Waals surface area contributed by atoms with Crippen LogP contribution in [0.15, 0.2) is 12.3 Å². The molecule has 0 aliphatic rings. The molecule has 0 unspecified atom stereocenters. The molecule has 2 aromatic heterocycles. The number of imidazole rings is 1. The Labute approximate surface area is 102 Å². The van der Waals surface area contributed by atoms with Crippen LogP contribution in [0.1, 0.15) is 17.3 Å². The Bertz CT molecular complexity index is 594. The lowest BCUT2D eigenvalue weighted by molar-refractivity contribution is 0.0528. The predicted molar refractivity (Wildman–Crippen MR) is 62.2 cm³/mol. The van der Waals surface area contributed by atoms with Crippen LogP contribution < -0.4 is 5.73 Å². The zero-order valence-corrected chi connectivity index (χ0v) is 9.73. The zero-order valence-electron chi connectivity index (χ0n) is 8.98. The monoisotopic (exact) mass is 255 g/mol. The number of fused-ring (bicyclic) bond motifs is 1. The number of pyridine rings is 1. The fraction of sp³-hybridized carbons (Fsp3) is 0.200. The molecule has 2 heterocycles. The third kappa shape index (κ3) is 1.87. The highest BCUT2D eigenvalue weighted by Gasteiger charge is 2.18. The van der Waals surface area contributed by atoms with Crippen LogP contribution in [0.4, 0.5) is 5.82 Å². The SMILES string of the molecule is CCOC(=O)c1cc(Cl)c(N)n2cc(O)nc12. The lowest BCUT2D eigenvalue weighted by atomic mass is 10.2. The van der Waals surface area contributed by atoms with Gasteiger partial charge in [0.25, 0.3) is 0 Å². The second-order valence-electron chi connectivity index (χ2n) is 3.30. The van der Waals surface area contributed by atoms with Crippen molar-refractivity contribution in [3.8, 4) is 5.88 Å². The van der Waals surface area contributed by atoms with Crippen LogP contribution in [-0.2, 0) is 4.74 Å². The Morgan fingerprint density at radius 2 is 2.41 bits per heavy atom. The van der Waals surface area contributed by atoms with Gasteiger partial charge < -0.3 is 15.6 Å². The molecule has 3 N–H and O–H groups in total. The Balaban J connectivity index is 2.70. The molecule has 2 rings (SSSR count). The summed E-state index contributed by atoms with van der Waals surface area (Å²) < 4.78 is 6.20. The van der Waals surface area contributed by atoms with E-state index in [4.69, 9.17) is 22.1 Å². The van der Waals surface area contributed by atoms with E-state index in [9.17, 15) is 9.90 Å². The second kappa shape index (κ2) is 4.14. The van der Waals surface area contributed by atoms with Crippen LogP contribution in [0.3, 0.4) is 0 Å². The van der Waals surface area contributed by atoms with Crippen molar-refractivity contribution < 1.29 is 14.6 Å². The van der Waals surface area contributed by atoms with E-state index in [1.54, 1.807) is 6.92 Å². The molecule has 2 aromatic rings. The van der Waals surface area contributed by atoms with Crippen LogP contribution in [0, 0.1) is 0 Å². The van der Waals surface area contributed by atoms with Crippen molar-refractivity contribution in [2.45, 2.75) is 6.92 Å². The third-order valence-corrected chi connectivity index (χ3v) is 2.51. The molecule has 0 amide bonds. The lowest BCUT2D eigenvalue weighted by Crippen LogP contribution is -2.09. The summed E-state index contributed by atoms with van der Waals surface area (Å²) in [7, 11) is 0. The average Bonchev–Trinajstić information content (AvgIpc) is 2.66. The van der Waals surface area contributed by atoms with Crippen LogP contribution in [0.5, 0.6) is 5.88 Å². The Hall–Kier alpha value is -1.95. The fourth-order valence-electron chi connectivity index (χ4n) is 1.48. The number of halogens is 1. The molecule has 0 spiro atoms. The number of aromatic hydroxyl groups is 1. The molecule has 0 radical (unpaired) electrons. The summed E-state index contributed by atoms with van der Waals surface area (Å²) in [5.41, 5.74) is 6.07. The number of nitrogens with zero attached hydrogens (tertiary/aromatic N) is 2. The minimum absolute atomic E-state index is 0.159. The van der Waals surface area contributed by atoms with Gasteiger partial charge in [0.05, 0.1) is 17.8 Å². The van der Waals surface area contributed by atoms with Crippen LogP contribution in [-0.4, -0.2) is 27.1 Å². The molecular weight excluding hydrogens is 246 g/mol. The molecule has 0 saturated heterocycles. The van der Waals surface area contributed by atoms with Crippen molar-refractivity contribution in [1.29, 1.82) is 0 Å². The number of hydrogen-bond acceptors (Lipinski definition) is 5. The zero-order chi connectivity index (χ0) is 12.6. The van der Waals surface area contributed by atoms with E-state index >= 15 is 0 Å². The largest absolute Gasteiger partial charge is 0.492 e. The van der Waals surface area contributed by atoms with Gasteiger partial charge in [0.2, 0.25) is 5.88 Å². The molecule has 0 bridgehead atoms. The number of nitrogen functional groups attached to an aromatic ring is 1. The molecule has 7 heteroatoms. The van der Waals surface area contributed by atoms with Crippen molar-refractivity contribution in [3.63, 3.8) is 0 Å². The first-order valence-electron chi connectivity index (χ1n) is 4.87. The molecule has 0 aliphatic carbocycles. The van der Waals surface area contributed by atoms with E-state index < -0.39 is 5.97 Å². The maximum absolute atomic E-state index is 11.7. The molecule has 0 saturated carbocycles. The maximum atomic E-state index is 11.7. The quantitative estimate of drug-likeness (QED) is 0.793. The molecular formula is C10H10ClN3O3. The first-order chi connectivity index (χ1) is 8.04. The van der Waals surface area contributed by atoms with Crippen molar-refractivity contribution in [1.82, 2.24) is 9.38 Å². The van der Waals surface area contributed by atoms with E-state index in [0.29, 0.717) is 0 Å². The number of esters is 1. The van der Waals surface area contributed by atoms with E-state index in [1.165, 1.54) is 16.7 Å². The average molecular weight is 256 g/mol. The van der Waals surface area contributed by atoms with Gasteiger partial charge in [-0.15, -0.1) is 0 Å². The molecule has 0 fully saturated rings. The van der Waals surface area contributed by atoms with Gasteiger partial charge in [-0.05, 0) is 13.0 Å². The van der Waals surface area contributed by atoms with Gasteiger partial charge in [0.1, 0.15) is 11.4 Å². The highest BCUT2D eigenvalue weighted by molar-refractivity contribution is 6.33. The molecule has 0 aromatic carbocycles. The van der Waals surface area contributed by atoms with Crippen molar-refractivity contribution in [2.75, 3.05) is 12.3 Å².